The van der Waals surface area contributed by atoms with Crippen LogP contribution in [0, 0.1) is 13.8 Å². The van der Waals surface area contributed by atoms with Crippen molar-refractivity contribution < 1.29 is 4.74 Å². The lowest BCUT2D eigenvalue weighted by Crippen LogP contribution is -2.13. The molecule has 0 spiro atoms. The van der Waals surface area contributed by atoms with Crippen molar-refractivity contribution in [3.8, 4) is 0 Å². The van der Waals surface area contributed by atoms with E-state index in [-0.39, 0.29) is 0 Å². The fourth-order valence-corrected chi connectivity index (χ4v) is 2.45. The maximum absolute atomic E-state index is 5.17. The molecular formula is C17H24N2O. The molecule has 0 aliphatic carbocycles. The molecule has 1 aromatic carbocycles. The molecule has 2 rings (SSSR count). The fourth-order valence-electron chi connectivity index (χ4n) is 2.45. The SMILES string of the molecule is COCc1cccc(CNCc2cc(C)n(C)c2C)c1. The van der Waals surface area contributed by atoms with Gasteiger partial charge in [0.1, 0.15) is 0 Å². The first-order valence-electron chi connectivity index (χ1n) is 7.01. The van der Waals surface area contributed by atoms with Crippen molar-refractivity contribution in [2.45, 2.75) is 33.5 Å². The fraction of sp³-hybridized carbons (Fsp3) is 0.412. The van der Waals surface area contributed by atoms with Gasteiger partial charge >= 0.3 is 0 Å². The maximum Gasteiger partial charge on any atom is 0.0713 e. The second-order valence-electron chi connectivity index (χ2n) is 5.31. The summed E-state index contributed by atoms with van der Waals surface area (Å²) in [5.41, 5.74) is 6.53. The zero-order chi connectivity index (χ0) is 14.5. The van der Waals surface area contributed by atoms with Gasteiger partial charge in [0, 0.05) is 38.6 Å². The first kappa shape index (κ1) is 14.8. The van der Waals surface area contributed by atoms with Gasteiger partial charge in [0.2, 0.25) is 0 Å². The molecule has 3 nitrogen and oxygen atoms in total. The van der Waals surface area contributed by atoms with Gasteiger partial charge in [-0.2, -0.15) is 0 Å². The molecule has 1 N–H and O–H groups in total. The summed E-state index contributed by atoms with van der Waals surface area (Å²) < 4.78 is 7.40. The molecule has 0 bridgehead atoms. The lowest BCUT2D eigenvalue weighted by atomic mass is 10.1. The summed E-state index contributed by atoms with van der Waals surface area (Å²) in [6.07, 6.45) is 0. The number of methoxy groups -OCH3 is 1. The van der Waals surface area contributed by atoms with Gasteiger partial charge in [-0.15, -0.1) is 0 Å². The van der Waals surface area contributed by atoms with Crippen molar-refractivity contribution in [3.05, 3.63) is 58.4 Å². The third-order valence-electron chi connectivity index (χ3n) is 3.83. The van der Waals surface area contributed by atoms with Crippen molar-refractivity contribution in [3.63, 3.8) is 0 Å². The summed E-state index contributed by atoms with van der Waals surface area (Å²) in [5, 5.41) is 3.51. The van der Waals surface area contributed by atoms with Gasteiger partial charge in [-0.1, -0.05) is 24.3 Å². The van der Waals surface area contributed by atoms with E-state index >= 15 is 0 Å². The standard InChI is InChI=1S/C17H24N2O/c1-13-8-17(14(2)19(13)3)11-18-10-15-6-5-7-16(9-15)12-20-4/h5-9,18H,10-12H2,1-4H3. The van der Waals surface area contributed by atoms with Gasteiger partial charge < -0.3 is 14.6 Å². The van der Waals surface area contributed by atoms with Crippen LogP contribution in [0.4, 0.5) is 0 Å². The number of nitrogens with one attached hydrogen (secondary N) is 1. The van der Waals surface area contributed by atoms with E-state index in [1.807, 2.05) is 0 Å². The molecule has 3 heteroatoms. The van der Waals surface area contributed by atoms with Crippen molar-refractivity contribution in [2.24, 2.45) is 7.05 Å². The molecule has 20 heavy (non-hydrogen) atoms. The Labute approximate surface area is 121 Å². The molecule has 0 saturated carbocycles. The Kier molecular flexibility index (Phi) is 4.99. The third kappa shape index (κ3) is 3.50. The molecule has 0 aliphatic rings. The number of hydrogen-bond acceptors (Lipinski definition) is 2. The van der Waals surface area contributed by atoms with Crippen LogP contribution in [0.1, 0.15) is 28.1 Å². The average Bonchev–Trinajstić information content (AvgIpc) is 2.67. The number of aryl methyl sites for hydroxylation is 1. The minimum atomic E-state index is 0.671. The summed E-state index contributed by atoms with van der Waals surface area (Å²) in [6.45, 7) is 6.77. The van der Waals surface area contributed by atoms with Crippen LogP contribution in [0.15, 0.2) is 30.3 Å². The molecular weight excluding hydrogens is 248 g/mol. The van der Waals surface area contributed by atoms with Gasteiger partial charge in [-0.25, -0.2) is 0 Å². The average molecular weight is 272 g/mol. The van der Waals surface area contributed by atoms with Crippen LogP contribution in [-0.4, -0.2) is 11.7 Å². The predicted octanol–water partition coefficient (Wildman–Crippen LogP) is 3.08. The Hall–Kier alpha value is -1.58. The molecule has 2 aromatic rings. The predicted molar refractivity (Wildman–Crippen MR) is 82.6 cm³/mol. The highest BCUT2D eigenvalue weighted by molar-refractivity contribution is 5.27. The normalized spacial score (nSPS) is 11.0. The van der Waals surface area contributed by atoms with E-state index in [2.05, 4.69) is 61.1 Å². The van der Waals surface area contributed by atoms with Crippen LogP contribution in [0.3, 0.4) is 0 Å². The molecule has 0 fully saturated rings. The monoisotopic (exact) mass is 272 g/mol. The molecule has 108 valence electrons. The number of ether oxygens (including phenoxy) is 1. The van der Waals surface area contributed by atoms with Gasteiger partial charge in [0.25, 0.3) is 0 Å². The van der Waals surface area contributed by atoms with Crippen molar-refractivity contribution in [1.82, 2.24) is 9.88 Å². The van der Waals surface area contributed by atoms with Gasteiger partial charge in [0.05, 0.1) is 6.61 Å². The quantitative estimate of drug-likeness (QED) is 0.874. The van der Waals surface area contributed by atoms with Gasteiger partial charge in [-0.3, -0.25) is 0 Å². The Morgan fingerprint density at radius 1 is 1.10 bits per heavy atom. The van der Waals surface area contributed by atoms with E-state index in [9.17, 15) is 0 Å². The number of hydrogen-bond donors (Lipinski definition) is 1. The molecule has 1 heterocycles. The van der Waals surface area contributed by atoms with Crippen LogP contribution >= 0.6 is 0 Å². The largest absolute Gasteiger partial charge is 0.380 e. The molecule has 0 saturated heterocycles. The highest BCUT2D eigenvalue weighted by Gasteiger charge is 2.05. The molecule has 0 radical (unpaired) electrons. The molecule has 1 aromatic heterocycles. The van der Waals surface area contributed by atoms with Crippen LogP contribution in [0.25, 0.3) is 0 Å². The van der Waals surface area contributed by atoms with Crippen LogP contribution in [0.5, 0.6) is 0 Å². The lowest BCUT2D eigenvalue weighted by molar-refractivity contribution is 0.185. The van der Waals surface area contributed by atoms with Crippen LogP contribution in [-0.2, 0) is 31.5 Å². The zero-order valence-corrected chi connectivity index (χ0v) is 12.9. The number of benzene rings is 1. The zero-order valence-electron chi connectivity index (χ0n) is 12.9. The first-order valence-corrected chi connectivity index (χ1v) is 7.01. The smallest absolute Gasteiger partial charge is 0.0713 e. The second kappa shape index (κ2) is 6.73. The van der Waals surface area contributed by atoms with Crippen LogP contribution < -0.4 is 5.32 Å². The van der Waals surface area contributed by atoms with E-state index in [4.69, 9.17) is 4.74 Å². The van der Waals surface area contributed by atoms with Crippen LogP contribution in [0.2, 0.25) is 0 Å². The maximum atomic E-state index is 5.17. The second-order valence-corrected chi connectivity index (χ2v) is 5.31. The van der Waals surface area contributed by atoms with E-state index in [0.29, 0.717) is 6.61 Å². The van der Waals surface area contributed by atoms with E-state index < -0.39 is 0 Å². The third-order valence-corrected chi connectivity index (χ3v) is 3.83. The molecule has 0 aliphatic heterocycles. The van der Waals surface area contributed by atoms with Crippen molar-refractivity contribution in [2.75, 3.05) is 7.11 Å². The Morgan fingerprint density at radius 2 is 1.85 bits per heavy atom. The summed E-state index contributed by atoms with van der Waals surface area (Å²) in [6, 6.07) is 10.8. The van der Waals surface area contributed by atoms with Gasteiger partial charge in [0.15, 0.2) is 0 Å². The Morgan fingerprint density at radius 3 is 2.50 bits per heavy atom. The number of rotatable bonds is 6. The Bertz CT molecular complexity index is 572. The molecule has 0 amide bonds. The molecule has 0 atom stereocenters. The van der Waals surface area contributed by atoms with Crippen molar-refractivity contribution >= 4 is 0 Å². The summed E-state index contributed by atoms with van der Waals surface area (Å²) in [7, 11) is 3.84. The number of aromatic nitrogens is 1. The minimum absolute atomic E-state index is 0.671. The topological polar surface area (TPSA) is 26.2 Å². The highest BCUT2D eigenvalue weighted by atomic mass is 16.5. The van der Waals surface area contributed by atoms with E-state index in [0.717, 1.165) is 13.1 Å². The summed E-state index contributed by atoms with van der Waals surface area (Å²) >= 11 is 0. The van der Waals surface area contributed by atoms with E-state index in [1.165, 1.54) is 28.1 Å². The lowest BCUT2D eigenvalue weighted by Gasteiger charge is -2.07. The van der Waals surface area contributed by atoms with Gasteiger partial charge in [-0.05, 0) is 36.6 Å². The van der Waals surface area contributed by atoms with E-state index in [1.54, 1.807) is 7.11 Å². The number of nitrogens with zero attached hydrogens (tertiary/aromatic N) is 1. The summed E-state index contributed by atoms with van der Waals surface area (Å²) in [4.78, 5) is 0. The summed E-state index contributed by atoms with van der Waals surface area (Å²) in [5.74, 6) is 0. The van der Waals surface area contributed by atoms with Crippen molar-refractivity contribution in [1.29, 1.82) is 0 Å². The first-order chi connectivity index (χ1) is 9.61. The highest BCUT2D eigenvalue weighted by Crippen LogP contribution is 2.13. The Balaban J connectivity index is 1.92. The molecule has 0 unspecified atom stereocenters. The minimum Gasteiger partial charge on any atom is -0.380 e.